The summed E-state index contributed by atoms with van der Waals surface area (Å²) in [7, 11) is 0. The number of ether oxygens (including phenoxy) is 2. The molecule has 0 heterocycles. The van der Waals surface area contributed by atoms with Crippen molar-refractivity contribution in [1.29, 1.82) is 10.8 Å². The SMILES string of the molecule is N#C/C(N)=C(/N=N)c1cc(OCc2cccc(OC(F)(F)F)c2)cc(C(F)(F)F)c1. The van der Waals surface area contributed by atoms with Gasteiger partial charge in [0.1, 0.15) is 35.6 Å². The molecule has 2 aromatic rings. The van der Waals surface area contributed by atoms with Gasteiger partial charge in [-0.15, -0.1) is 13.2 Å². The smallest absolute Gasteiger partial charge is 0.489 e. The lowest BCUT2D eigenvalue weighted by atomic mass is 10.1. The lowest BCUT2D eigenvalue weighted by molar-refractivity contribution is -0.274. The summed E-state index contributed by atoms with van der Waals surface area (Å²) in [4.78, 5) is 0. The minimum atomic E-state index is -4.90. The summed E-state index contributed by atoms with van der Waals surface area (Å²) in [5.74, 6) is -0.845. The van der Waals surface area contributed by atoms with Crippen molar-refractivity contribution in [3.8, 4) is 17.6 Å². The number of alkyl halides is 6. The molecule has 0 spiro atoms. The van der Waals surface area contributed by atoms with E-state index in [0.717, 1.165) is 18.2 Å². The van der Waals surface area contributed by atoms with E-state index < -0.39 is 35.2 Å². The van der Waals surface area contributed by atoms with Gasteiger partial charge in [0.25, 0.3) is 0 Å². The summed E-state index contributed by atoms with van der Waals surface area (Å²) in [5.41, 5.74) is 10.1. The molecular weight excluding hydrogens is 418 g/mol. The van der Waals surface area contributed by atoms with E-state index in [1.165, 1.54) is 18.2 Å². The number of hydrogen-bond acceptors (Lipinski definition) is 6. The first-order chi connectivity index (χ1) is 13.9. The molecule has 0 aliphatic rings. The topological polar surface area (TPSA) is 104 Å². The van der Waals surface area contributed by atoms with Crippen LogP contribution in [-0.2, 0) is 12.8 Å². The van der Waals surface area contributed by atoms with E-state index in [-0.39, 0.29) is 23.5 Å². The van der Waals surface area contributed by atoms with Gasteiger partial charge >= 0.3 is 12.5 Å². The summed E-state index contributed by atoms with van der Waals surface area (Å²) in [6.07, 6.45) is -9.69. The quantitative estimate of drug-likeness (QED) is 0.365. The molecule has 2 rings (SSSR count). The van der Waals surface area contributed by atoms with Crippen LogP contribution < -0.4 is 15.2 Å². The average Bonchev–Trinajstić information content (AvgIpc) is 2.65. The molecule has 30 heavy (non-hydrogen) atoms. The van der Waals surface area contributed by atoms with Crippen LogP contribution in [0.25, 0.3) is 5.70 Å². The van der Waals surface area contributed by atoms with Crippen LogP contribution in [0.2, 0.25) is 0 Å². The molecular formula is C18H12F6N4O2. The molecule has 0 bridgehead atoms. The van der Waals surface area contributed by atoms with Gasteiger partial charge in [0.2, 0.25) is 0 Å². The number of nitrogens with one attached hydrogen (secondary N) is 1. The van der Waals surface area contributed by atoms with Gasteiger partial charge in [0, 0.05) is 5.56 Å². The summed E-state index contributed by atoms with van der Waals surface area (Å²) in [5, 5.41) is 11.8. The molecule has 0 atom stereocenters. The molecule has 12 heteroatoms. The average molecular weight is 430 g/mol. The zero-order chi connectivity index (χ0) is 22.5. The monoisotopic (exact) mass is 430 g/mol. The Bertz CT molecular complexity index is 1010. The van der Waals surface area contributed by atoms with Gasteiger partial charge in [-0.1, -0.05) is 12.1 Å². The fourth-order valence-corrected chi connectivity index (χ4v) is 2.32. The second-order valence-corrected chi connectivity index (χ2v) is 5.71. The lowest BCUT2D eigenvalue weighted by Crippen LogP contribution is -2.17. The number of hydrogen-bond donors (Lipinski definition) is 2. The third kappa shape index (κ3) is 6.13. The van der Waals surface area contributed by atoms with Crippen LogP contribution in [0, 0.1) is 16.9 Å². The normalized spacial score (nSPS) is 12.6. The maximum Gasteiger partial charge on any atom is 0.573 e. The third-order valence-electron chi connectivity index (χ3n) is 3.53. The molecule has 0 aromatic heterocycles. The fourth-order valence-electron chi connectivity index (χ4n) is 2.32. The maximum atomic E-state index is 13.2. The molecule has 0 saturated carbocycles. The van der Waals surface area contributed by atoms with Gasteiger partial charge in [-0.2, -0.15) is 23.5 Å². The fraction of sp³-hybridized carbons (Fsp3) is 0.167. The van der Waals surface area contributed by atoms with Crippen LogP contribution >= 0.6 is 0 Å². The van der Waals surface area contributed by atoms with Crippen LogP contribution in [0.15, 0.2) is 53.3 Å². The van der Waals surface area contributed by atoms with E-state index in [0.29, 0.717) is 12.1 Å². The predicted molar refractivity (Wildman–Crippen MR) is 90.8 cm³/mol. The first-order valence-electron chi connectivity index (χ1n) is 7.90. The van der Waals surface area contributed by atoms with Gasteiger partial charge in [0.15, 0.2) is 0 Å². The van der Waals surface area contributed by atoms with Crippen LogP contribution in [-0.4, -0.2) is 6.36 Å². The van der Waals surface area contributed by atoms with Crippen molar-refractivity contribution in [2.75, 3.05) is 0 Å². The van der Waals surface area contributed by atoms with Gasteiger partial charge in [-0.05, 0) is 35.9 Å². The van der Waals surface area contributed by atoms with Gasteiger partial charge in [-0.3, -0.25) is 0 Å². The van der Waals surface area contributed by atoms with Crippen molar-refractivity contribution in [2.45, 2.75) is 19.1 Å². The second kappa shape index (κ2) is 8.73. The Morgan fingerprint density at radius 1 is 1.07 bits per heavy atom. The highest BCUT2D eigenvalue weighted by Gasteiger charge is 2.32. The minimum Gasteiger partial charge on any atom is -0.489 e. The lowest BCUT2D eigenvalue weighted by Gasteiger charge is -2.14. The Hall–Kier alpha value is -3.75. The highest BCUT2D eigenvalue weighted by atomic mass is 19.4. The molecule has 0 radical (unpaired) electrons. The Balaban J connectivity index is 2.36. The van der Waals surface area contributed by atoms with Crippen LogP contribution in [0.4, 0.5) is 26.3 Å². The zero-order valence-corrected chi connectivity index (χ0v) is 14.8. The number of benzene rings is 2. The van der Waals surface area contributed by atoms with E-state index in [4.69, 9.17) is 21.3 Å². The van der Waals surface area contributed by atoms with E-state index in [9.17, 15) is 26.3 Å². The molecule has 0 amide bonds. The Labute approximate surface area is 165 Å². The Kier molecular flexibility index (Phi) is 6.56. The van der Waals surface area contributed by atoms with E-state index in [1.807, 2.05) is 0 Å². The Morgan fingerprint density at radius 2 is 1.77 bits per heavy atom. The molecule has 158 valence electrons. The highest BCUT2D eigenvalue weighted by Crippen LogP contribution is 2.35. The molecule has 0 saturated heterocycles. The van der Waals surface area contributed by atoms with Crippen LogP contribution in [0.3, 0.4) is 0 Å². The summed E-state index contributed by atoms with van der Waals surface area (Å²) < 4.78 is 85.6. The molecule has 0 aliphatic carbocycles. The summed E-state index contributed by atoms with van der Waals surface area (Å²) in [6, 6.07) is 8.57. The van der Waals surface area contributed by atoms with Crippen molar-refractivity contribution < 1.29 is 35.8 Å². The summed E-state index contributed by atoms with van der Waals surface area (Å²) in [6.45, 7) is -0.388. The summed E-state index contributed by atoms with van der Waals surface area (Å²) >= 11 is 0. The standard InChI is InChI=1S/C18H12F6N4O2/c19-17(20,21)12-5-11(16(28-27)15(26)8-25)6-14(7-12)29-9-10-2-1-3-13(4-10)30-18(22,23)24/h1-7,27H,9,26H2/b16-15-,28-27?. The number of allylic oxidation sites excluding steroid dienone is 1. The first-order valence-corrected chi connectivity index (χ1v) is 7.90. The Morgan fingerprint density at radius 3 is 2.33 bits per heavy atom. The van der Waals surface area contributed by atoms with Crippen molar-refractivity contribution in [3.05, 3.63) is 64.9 Å². The third-order valence-corrected chi connectivity index (χ3v) is 3.53. The van der Waals surface area contributed by atoms with Crippen molar-refractivity contribution in [1.82, 2.24) is 0 Å². The van der Waals surface area contributed by atoms with E-state index in [2.05, 4.69) is 9.85 Å². The van der Waals surface area contributed by atoms with E-state index in [1.54, 1.807) is 0 Å². The highest BCUT2D eigenvalue weighted by molar-refractivity contribution is 5.71. The van der Waals surface area contributed by atoms with Crippen molar-refractivity contribution in [2.24, 2.45) is 10.8 Å². The molecule has 6 nitrogen and oxygen atoms in total. The van der Waals surface area contributed by atoms with Crippen LogP contribution in [0.1, 0.15) is 16.7 Å². The molecule has 0 aliphatic heterocycles. The zero-order valence-electron chi connectivity index (χ0n) is 14.8. The van der Waals surface area contributed by atoms with Crippen molar-refractivity contribution in [3.63, 3.8) is 0 Å². The van der Waals surface area contributed by atoms with Gasteiger partial charge in [0.05, 0.1) is 5.56 Å². The predicted octanol–water partition coefficient (Wildman–Crippen LogP) is 5.36. The molecule has 0 fully saturated rings. The molecule has 0 unspecified atom stereocenters. The first kappa shape index (κ1) is 22.5. The largest absolute Gasteiger partial charge is 0.573 e. The number of nitrogens with two attached hydrogens (primary N) is 1. The second-order valence-electron chi connectivity index (χ2n) is 5.71. The maximum absolute atomic E-state index is 13.2. The number of nitrogens with zero attached hydrogens (tertiary/aromatic N) is 2. The van der Waals surface area contributed by atoms with Crippen LogP contribution in [0.5, 0.6) is 11.5 Å². The number of halogens is 6. The van der Waals surface area contributed by atoms with E-state index >= 15 is 0 Å². The van der Waals surface area contributed by atoms with Gasteiger partial charge < -0.3 is 15.2 Å². The number of nitriles is 1. The molecule has 3 N–H and O–H groups in total. The number of rotatable bonds is 6. The minimum absolute atomic E-state index is 0.188. The van der Waals surface area contributed by atoms with Crippen molar-refractivity contribution >= 4 is 5.70 Å². The van der Waals surface area contributed by atoms with Gasteiger partial charge in [-0.25, -0.2) is 5.53 Å². The molecule has 2 aromatic carbocycles.